The molecule has 4 nitrogen and oxygen atoms in total. The summed E-state index contributed by atoms with van der Waals surface area (Å²) in [6.45, 7) is 4.51. The van der Waals surface area contributed by atoms with Gasteiger partial charge < -0.3 is 15.2 Å². The lowest BCUT2D eigenvalue weighted by Gasteiger charge is -2.26. The van der Waals surface area contributed by atoms with Crippen molar-refractivity contribution < 1.29 is 14.6 Å². The highest BCUT2D eigenvalue weighted by atomic mass is 16.5. The van der Waals surface area contributed by atoms with Crippen LogP contribution < -0.4 is 10.1 Å². The maximum absolute atomic E-state index is 10.9. The number of hydrogen-bond donors (Lipinski definition) is 2. The van der Waals surface area contributed by atoms with Crippen molar-refractivity contribution in [1.29, 1.82) is 0 Å². The Labute approximate surface area is 126 Å². The summed E-state index contributed by atoms with van der Waals surface area (Å²) in [7, 11) is 0. The highest BCUT2D eigenvalue weighted by Crippen LogP contribution is 2.28. The number of hydrogen-bond acceptors (Lipinski definition) is 3. The lowest BCUT2D eigenvalue weighted by atomic mass is 9.82. The zero-order chi connectivity index (χ0) is 15.1. The van der Waals surface area contributed by atoms with Crippen molar-refractivity contribution in [2.75, 3.05) is 19.7 Å². The number of ether oxygens (including phenoxy) is 1. The van der Waals surface area contributed by atoms with Crippen molar-refractivity contribution in [3.05, 3.63) is 29.8 Å². The van der Waals surface area contributed by atoms with Crippen molar-refractivity contribution in [3.63, 3.8) is 0 Å². The van der Waals surface area contributed by atoms with Gasteiger partial charge in [-0.15, -0.1) is 0 Å². The molecule has 0 heterocycles. The lowest BCUT2D eigenvalue weighted by molar-refractivity contribution is -0.143. The highest BCUT2D eigenvalue weighted by molar-refractivity contribution is 5.69. The molecule has 1 aromatic rings. The van der Waals surface area contributed by atoms with Crippen LogP contribution in [0.3, 0.4) is 0 Å². The van der Waals surface area contributed by atoms with Crippen LogP contribution in [0.25, 0.3) is 0 Å². The fourth-order valence-electron chi connectivity index (χ4n) is 2.80. The second-order valence-corrected chi connectivity index (χ2v) is 5.92. The number of carboxylic acid groups (broad SMARTS) is 1. The van der Waals surface area contributed by atoms with E-state index in [0.29, 0.717) is 12.5 Å². The van der Waals surface area contributed by atoms with Gasteiger partial charge in [0.25, 0.3) is 0 Å². The SMILES string of the molecule is Cc1ccc(OCCNCC2CCC(C(=O)O)CC2)cc1. The number of nitrogens with one attached hydrogen (secondary N) is 1. The van der Waals surface area contributed by atoms with Crippen molar-refractivity contribution >= 4 is 5.97 Å². The Hall–Kier alpha value is -1.55. The van der Waals surface area contributed by atoms with Gasteiger partial charge in [0.2, 0.25) is 0 Å². The monoisotopic (exact) mass is 291 g/mol. The third-order valence-corrected chi connectivity index (χ3v) is 4.20. The van der Waals surface area contributed by atoms with Gasteiger partial charge in [-0.05, 0) is 57.2 Å². The molecule has 1 fully saturated rings. The number of aliphatic carboxylic acids is 1. The number of aryl methyl sites for hydroxylation is 1. The van der Waals surface area contributed by atoms with E-state index >= 15 is 0 Å². The first-order valence-electron chi connectivity index (χ1n) is 7.78. The fourth-order valence-corrected chi connectivity index (χ4v) is 2.80. The molecular weight excluding hydrogens is 266 g/mol. The minimum absolute atomic E-state index is 0.119. The maximum atomic E-state index is 10.9. The van der Waals surface area contributed by atoms with Crippen LogP contribution in [0.1, 0.15) is 31.2 Å². The molecule has 0 amide bonds. The highest BCUT2D eigenvalue weighted by Gasteiger charge is 2.25. The summed E-state index contributed by atoms with van der Waals surface area (Å²) < 4.78 is 5.66. The smallest absolute Gasteiger partial charge is 0.306 e. The predicted octanol–water partition coefficient (Wildman–Crippen LogP) is 2.85. The zero-order valence-electron chi connectivity index (χ0n) is 12.7. The van der Waals surface area contributed by atoms with Crippen LogP contribution in [-0.2, 0) is 4.79 Å². The van der Waals surface area contributed by atoms with Crippen LogP contribution in [0.4, 0.5) is 0 Å². The van der Waals surface area contributed by atoms with Crippen LogP contribution in [0.15, 0.2) is 24.3 Å². The van der Waals surface area contributed by atoms with E-state index < -0.39 is 5.97 Å². The first-order chi connectivity index (χ1) is 10.1. The molecule has 0 spiro atoms. The molecule has 4 heteroatoms. The van der Waals surface area contributed by atoms with Crippen LogP contribution in [0.5, 0.6) is 5.75 Å². The standard InChI is InChI=1S/C17H25NO3/c1-13-2-8-16(9-3-13)21-11-10-18-12-14-4-6-15(7-5-14)17(19)20/h2-3,8-9,14-15,18H,4-7,10-12H2,1H3,(H,19,20). The number of carbonyl (C=O) groups is 1. The number of carboxylic acids is 1. The summed E-state index contributed by atoms with van der Waals surface area (Å²) in [5.74, 6) is 0.767. The van der Waals surface area contributed by atoms with Gasteiger partial charge in [0.05, 0.1) is 5.92 Å². The average Bonchev–Trinajstić information content (AvgIpc) is 2.49. The van der Waals surface area contributed by atoms with E-state index in [1.54, 1.807) is 0 Å². The Balaban J connectivity index is 1.54. The summed E-state index contributed by atoms with van der Waals surface area (Å²) in [4.78, 5) is 10.9. The second kappa shape index (κ2) is 8.03. The van der Waals surface area contributed by atoms with E-state index in [2.05, 4.69) is 12.2 Å². The van der Waals surface area contributed by atoms with Crippen LogP contribution in [0.2, 0.25) is 0 Å². The Morgan fingerprint density at radius 2 is 1.90 bits per heavy atom. The van der Waals surface area contributed by atoms with Gasteiger partial charge in [-0.25, -0.2) is 0 Å². The molecule has 2 N–H and O–H groups in total. The molecule has 0 unspecified atom stereocenters. The lowest BCUT2D eigenvalue weighted by Crippen LogP contribution is -2.30. The van der Waals surface area contributed by atoms with E-state index in [1.807, 2.05) is 24.3 Å². The Morgan fingerprint density at radius 3 is 2.52 bits per heavy atom. The first-order valence-corrected chi connectivity index (χ1v) is 7.78. The van der Waals surface area contributed by atoms with Crippen LogP contribution in [0, 0.1) is 18.8 Å². The second-order valence-electron chi connectivity index (χ2n) is 5.92. The molecule has 1 aliphatic rings. The van der Waals surface area contributed by atoms with Gasteiger partial charge in [0.1, 0.15) is 12.4 Å². The summed E-state index contributed by atoms with van der Waals surface area (Å²) in [6.07, 6.45) is 3.68. The molecule has 116 valence electrons. The van der Waals surface area contributed by atoms with Gasteiger partial charge >= 0.3 is 5.97 Å². The molecule has 0 saturated heterocycles. The van der Waals surface area contributed by atoms with Crippen LogP contribution in [-0.4, -0.2) is 30.8 Å². The topological polar surface area (TPSA) is 58.6 Å². The zero-order valence-corrected chi connectivity index (χ0v) is 12.7. The fraction of sp³-hybridized carbons (Fsp3) is 0.588. The Kier molecular flexibility index (Phi) is 6.05. The predicted molar refractivity (Wildman–Crippen MR) is 82.6 cm³/mol. The first kappa shape index (κ1) is 15.8. The van der Waals surface area contributed by atoms with E-state index in [-0.39, 0.29) is 5.92 Å². The van der Waals surface area contributed by atoms with Crippen molar-refractivity contribution in [2.45, 2.75) is 32.6 Å². The number of rotatable bonds is 7. The van der Waals surface area contributed by atoms with Crippen LogP contribution >= 0.6 is 0 Å². The largest absolute Gasteiger partial charge is 0.492 e. The van der Waals surface area contributed by atoms with E-state index in [4.69, 9.17) is 9.84 Å². The van der Waals surface area contributed by atoms with Gasteiger partial charge in [-0.3, -0.25) is 4.79 Å². The molecule has 0 aromatic heterocycles. The van der Waals surface area contributed by atoms with Gasteiger partial charge in [0.15, 0.2) is 0 Å². The molecule has 0 aliphatic heterocycles. The molecular formula is C17H25NO3. The average molecular weight is 291 g/mol. The molecule has 0 radical (unpaired) electrons. The third kappa shape index (κ3) is 5.38. The Bertz CT molecular complexity index is 436. The van der Waals surface area contributed by atoms with Gasteiger partial charge in [-0.1, -0.05) is 17.7 Å². The minimum Gasteiger partial charge on any atom is -0.492 e. The summed E-state index contributed by atoms with van der Waals surface area (Å²) >= 11 is 0. The van der Waals surface area contributed by atoms with Gasteiger partial charge in [0, 0.05) is 6.54 Å². The molecule has 0 bridgehead atoms. The summed E-state index contributed by atoms with van der Waals surface area (Å²) in [5, 5.41) is 12.4. The van der Waals surface area contributed by atoms with Crippen molar-refractivity contribution in [2.24, 2.45) is 11.8 Å². The minimum atomic E-state index is -0.632. The molecule has 1 saturated carbocycles. The normalized spacial score (nSPS) is 22.0. The molecule has 0 atom stereocenters. The van der Waals surface area contributed by atoms with E-state index in [0.717, 1.165) is 44.5 Å². The van der Waals surface area contributed by atoms with Crippen molar-refractivity contribution in [3.8, 4) is 5.75 Å². The van der Waals surface area contributed by atoms with E-state index in [9.17, 15) is 4.79 Å². The molecule has 1 aliphatic carbocycles. The summed E-state index contributed by atoms with van der Waals surface area (Å²) in [6, 6.07) is 8.07. The third-order valence-electron chi connectivity index (χ3n) is 4.20. The van der Waals surface area contributed by atoms with E-state index in [1.165, 1.54) is 5.56 Å². The molecule has 21 heavy (non-hydrogen) atoms. The molecule has 2 rings (SSSR count). The summed E-state index contributed by atoms with van der Waals surface area (Å²) in [5.41, 5.74) is 1.23. The number of benzene rings is 1. The molecule has 1 aromatic carbocycles. The quantitative estimate of drug-likeness (QED) is 0.758. The Morgan fingerprint density at radius 1 is 1.24 bits per heavy atom. The van der Waals surface area contributed by atoms with Crippen molar-refractivity contribution in [1.82, 2.24) is 5.32 Å². The maximum Gasteiger partial charge on any atom is 0.306 e. The van der Waals surface area contributed by atoms with Gasteiger partial charge in [-0.2, -0.15) is 0 Å².